The van der Waals surface area contributed by atoms with Gasteiger partial charge in [-0.15, -0.1) is 0 Å². The van der Waals surface area contributed by atoms with E-state index in [2.05, 4.69) is 28.8 Å². The topological polar surface area (TPSA) is 115 Å². The highest BCUT2D eigenvalue weighted by molar-refractivity contribution is 6.00. The van der Waals surface area contributed by atoms with Crippen LogP contribution < -0.4 is 20.5 Å². The molecule has 0 aliphatic carbocycles. The zero-order valence-corrected chi connectivity index (χ0v) is 18.6. The number of amides is 1. The molecule has 170 valence electrons. The molecule has 1 unspecified atom stereocenters. The molecule has 1 aromatic carbocycles. The molecule has 0 radical (unpaired) electrons. The summed E-state index contributed by atoms with van der Waals surface area (Å²) in [6.07, 6.45) is 1.52. The Morgan fingerprint density at radius 3 is 2.62 bits per heavy atom. The molecule has 0 saturated carbocycles. The Kier molecular flexibility index (Phi) is 7.41. The number of primary amides is 1. The van der Waals surface area contributed by atoms with Crippen molar-refractivity contribution in [3.63, 3.8) is 0 Å². The number of methoxy groups -OCH3 is 2. The maximum Gasteiger partial charge on any atom is 0.255 e. The molecule has 9 nitrogen and oxygen atoms in total. The van der Waals surface area contributed by atoms with Crippen molar-refractivity contribution in [3.8, 4) is 23.3 Å². The molecule has 0 bridgehead atoms. The van der Waals surface area contributed by atoms with E-state index < -0.39 is 12.1 Å². The third-order valence-electron chi connectivity index (χ3n) is 5.30. The lowest BCUT2D eigenvalue weighted by Crippen LogP contribution is -2.31. The second-order valence-electron chi connectivity index (χ2n) is 7.35. The smallest absolute Gasteiger partial charge is 0.255 e. The Morgan fingerprint density at radius 2 is 2.06 bits per heavy atom. The fraction of sp³-hybridized carbons (Fsp3) is 0.391. The van der Waals surface area contributed by atoms with Crippen molar-refractivity contribution >= 4 is 11.7 Å². The summed E-state index contributed by atoms with van der Waals surface area (Å²) in [7, 11) is 3.13. The van der Waals surface area contributed by atoms with Gasteiger partial charge >= 0.3 is 0 Å². The fourth-order valence-corrected chi connectivity index (χ4v) is 3.72. The minimum atomic E-state index is -0.726. The van der Waals surface area contributed by atoms with Crippen LogP contribution in [-0.4, -0.2) is 65.8 Å². The molecule has 1 amide bonds. The maximum atomic E-state index is 12.3. The predicted molar refractivity (Wildman–Crippen MR) is 122 cm³/mol. The highest BCUT2D eigenvalue weighted by Gasteiger charge is 2.32. The molecule has 1 saturated heterocycles. The number of hydrogen-bond donors (Lipinski definition) is 3. The summed E-state index contributed by atoms with van der Waals surface area (Å²) in [5.41, 5.74) is 6.90. The van der Waals surface area contributed by atoms with Gasteiger partial charge in [-0.2, -0.15) is 5.10 Å². The summed E-state index contributed by atoms with van der Waals surface area (Å²) in [6.45, 7) is 7.40. The quantitative estimate of drug-likeness (QED) is 0.423. The molecular formula is C23H29N5O4. The number of carbonyl (C=O) groups excluding carboxylic acids is 1. The van der Waals surface area contributed by atoms with Crippen LogP contribution in [-0.2, 0) is 0 Å². The van der Waals surface area contributed by atoms with Crippen molar-refractivity contribution in [1.29, 1.82) is 0 Å². The number of anilines is 1. The monoisotopic (exact) mass is 439 g/mol. The molecule has 1 aliphatic heterocycles. The number of benzene rings is 1. The molecule has 4 N–H and O–H groups in total. The van der Waals surface area contributed by atoms with Crippen molar-refractivity contribution in [1.82, 2.24) is 14.7 Å². The lowest BCUT2D eigenvalue weighted by atomic mass is 10.1. The van der Waals surface area contributed by atoms with Gasteiger partial charge in [0.25, 0.3) is 5.91 Å². The van der Waals surface area contributed by atoms with Crippen LogP contribution in [0.25, 0.3) is 0 Å². The zero-order valence-electron chi connectivity index (χ0n) is 18.6. The molecule has 1 fully saturated rings. The van der Waals surface area contributed by atoms with E-state index in [1.165, 1.54) is 6.08 Å². The van der Waals surface area contributed by atoms with Crippen molar-refractivity contribution in [3.05, 3.63) is 47.7 Å². The van der Waals surface area contributed by atoms with E-state index >= 15 is 0 Å². The molecule has 2 aromatic rings. The van der Waals surface area contributed by atoms with Crippen molar-refractivity contribution in [2.24, 2.45) is 5.73 Å². The Balaban J connectivity index is 2.03. The van der Waals surface area contributed by atoms with Crippen molar-refractivity contribution in [2.45, 2.75) is 25.6 Å². The summed E-state index contributed by atoms with van der Waals surface area (Å²) in [4.78, 5) is 14.2. The minimum absolute atomic E-state index is 0.0517. The SMILES string of the molecule is C=CC(O)N1CC[C@H](n2nc(C#Cc3cc(OC)cc(OC)c3)c(C(N)=O)c2NCC)C1. The van der Waals surface area contributed by atoms with E-state index in [1.807, 2.05) is 11.8 Å². The number of rotatable bonds is 8. The first-order valence-electron chi connectivity index (χ1n) is 10.4. The van der Waals surface area contributed by atoms with E-state index in [0.717, 1.165) is 6.42 Å². The fourth-order valence-electron chi connectivity index (χ4n) is 3.72. The number of likely N-dealkylation sites (tertiary alicyclic amines) is 1. The van der Waals surface area contributed by atoms with Crippen LogP contribution in [0.15, 0.2) is 30.9 Å². The van der Waals surface area contributed by atoms with Gasteiger partial charge in [0.15, 0.2) is 5.69 Å². The number of nitrogens with one attached hydrogen (secondary N) is 1. The average Bonchev–Trinajstić information content (AvgIpc) is 3.42. The summed E-state index contributed by atoms with van der Waals surface area (Å²) in [5.74, 6) is 7.15. The van der Waals surface area contributed by atoms with Crippen LogP contribution >= 0.6 is 0 Å². The van der Waals surface area contributed by atoms with Crippen LogP contribution in [0.5, 0.6) is 11.5 Å². The number of ether oxygens (including phenoxy) is 2. The van der Waals surface area contributed by atoms with E-state index in [-0.39, 0.29) is 17.3 Å². The summed E-state index contributed by atoms with van der Waals surface area (Å²) >= 11 is 0. The summed E-state index contributed by atoms with van der Waals surface area (Å²) in [6, 6.07) is 5.24. The Morgan fingerprint density at radius 1 is 1.38 bits per heavy atom. The van der Waals surface area contributed by atoms with Gasteiger partial charge in [0.05, 0.1) is 20.3 Å². The van der Waals surface area contributed by atoms with Crippen molar-refractivity contribution in [2.75, 3.05) is 39.2 Å². The zero-order chi connectivity index (χ0) is 23.3. The molecule has 3 rings (SSSR count). The molecular weight excluding hydrogens is 410 g/mol. The lowest BCUT2D eigenvalue weighted by Gasteiger charge is -2.20. The second kappa shape index (κ2) is 10.2. The summed E-state index contributed by atoms with van der Waals surface area (Å²) in [5, 5.41) is 17.9. The molecule has 9 heteroatoms. The molecule has 0 spiro atoms. The molecule has 32 heavy (non-hydrogen) atoms. The molecule has 2 heterocycles. The standard InChI is InChI=1S/C23H29N5O4/c1-5-20(29)27-10-9-16(14-27)28-23(25-6-2)21(22(24)30)19(26-28)8-7-15-11-17(31-3)13-18(12-15)32-4/h5,11-13,16,20,25,29H,1,6,9-10,14H2,2-4H3,(H2,24,30)/t16-,20?/m0/s1. The Labute approximate surface area is 187 Å². The number of carbonyl (C=O) groups is 1. The van der Waals surface area contributed by atoms with Crippen LogP contribution in [0.2, 0.25) is 0 Å². The van der Waals surface area contributed by atoms with Gasteiger partial charge in [0, 0.05) is 31.3 Å². The van der Waals surface area contributed by atoms with Crippen molar-refractivity contribution < 1.29 is 19.4 Å². The van der Waals surface area contributed by atoms with Crippen LogP contribution in [0.4, 0.5) is 5.82 Å². The number of nitrogens with zero attached hydrogens (tertiary/aromatic N) is 3. The highest BCUT2D eigenvalue weighted by atomic mass is 16.5. The summed E-state index contributed by atoms with van der Waals surface area (Å²) < 4.78 is 12.3. The third kappa shape index (κ3) is 4.88. The third-order valence-corrected chi connectivity index (χ3v) is 5.30. The molecule has 1 aliphatic rings. The first-order chi connectivity index (χ1) is 15.4. The lowest BCUT2D eigenvalue weighted by molar-refractivity contribution is 0.0585. The van der Waals surface area contributed by atoms with Crippen LogP contribution in [0, 0.1) is 11.8 Å². The molecule has 1 aromatic heterocycles. The van der Waals surface area contributed by atoms with Gasteiger partial charge in [0.2, 0.25) is 0 Å². The van der Waals surface area contributed by atoms with E-state index in [4.69, 9.17) is 15.2 Å². The highest BCUT2D eigenvalue weighted by Crippen LogP contribution is 2.30. The minimum Gasteiger partial charge on any atom is -0.497 e. The largest absolute Gasteiger partial charge is 0.497 e. The van der Waals surface area contributed by atoms with Crippen LogP contribution in [0.1, 0.15) is 41.0 Å². The predicted octanol–water partition coefficient (Wildman–Crippen LogP) is 1.58. The number of aromatic nitrogens is 2. The van der Waals surface area contributed by atoms with Gasteiger partial charge < -0.3 is 25.6 Å². The van der Waals surface area contributed by atoms with Gasteiger partial charge in [-0.25, -0.2) is 4.68 Å². The first-order valence-corrected chi connectivity index (χ1v) is 10.4. The number of nitrogens with two attached hydrogens (primary N) is 1. The Bertz CT molecular complexity index is 1030. The Hall–Kier alpha value is -3.48. The second-order valence-corrected chi connectivity index (χ2v) is 7.35. The number of hydrogen-bond acceptors (Lipinski definition) is 7. The van der Waals surface area contributed by atoms with E-state index in [1.54, 1.807) is 37.1 Å². The van der Waals surface area contributed by atoms with E-state index in [9.17, 15) is 9.90 Å². The molecule has 2 atom stereocenters. The van der Waals surface area contributed by atoms with E-state index in [0.29, 0.717) is 42.5 Å². The van der Waals surface area contributed by atoms with Gasteiger partial charge in [-0.1, -0.05) is 12.5 Å². The maximum absolute atomic E-state index is 12.3. The van der Waals surface area contributed by atoms with Gasteiger partial charge in [-0.3, -0.25) is 9.69 Å². The number of aliphatic hydroxyl groups is 1. The van der Waals surface area contributed by atoms with Gasteiger partial charge in [0.1, 0.15) is 29.1 Å². The van der Waals surface area contributed by atoms with Gasteiger partial charge in [-0.05, 0) is 37.5 Å². The van der Waals surface area contributed by atoms with Crippen LogP contribution in [0.3, 0.4) is 0 Å². The average molecular weight is 440 g/mol. The number of aliphatic hydroxyl groups excluding tert-OH is 1. The first kappa shape index (κ1) is 23.2. The normalized spacial score (nSPS) is 16.7.